The summed E-state index contributed by atoms with van der Waals surface area (Å²) in [6.45, 7) is 1.85. The summed E-state index contributed by atoms with van der Waals surface area (Å²) in [5.74, 6) is 1.06. The van der Waals surface area contributed by atoms with Crippen molar-refractivity contribution in [1.82, 2.24) is 10.2 Å². The van der Waals surface area contributed by atoms with Crippen molar-refractivity contribution in [3.05, 3.63) is 65.5 Å². The van der Waals surface area contributed by atoms with Gasteiger partial charge in [-0.2, -0.15) is 0 Å². The molecule has 5 heteroatoms. The summed E-state index contributed by atoms with van der Waals surface area (Å²) in [5, 5.41) is 2.91. The number of para-hydroxylation sites is 1. The first-order chi connectivity index (χ1) is 12.2. The van der Waals surface area contributed by atoms with Crippen LogP contribution < -0.4 is 10.1 Å². The van der Waals surface area contributed by atoms with E-state index in [0.717, 1.165) is 37.2 Å². The second-order valence-corrected chi connectivity index (χ2v) is 6.29. The third kappa shape index (κ3) is 4.29. The highest BCUT2D eigenvalue weighted by molar-refractivity contribution is 5.74. The quantitative estimate of drug-likeness (QED) is 0.915. The average molecular weight is 342 g/mol. The van der Waals surface area contributed by atoms with Crippen molar-refractivity contribution in [2.24, 2.45) is 0 Å². The van der Waals surface area contributed by atoms with Crippen molar-refractivity contribution in [3.63, 3.8) is 0 Å². The number of methoxy groups -OCH3 is 1. The van der Waals surface area contributed by atoms with Gasteiger partial charge in [-0.1, -0.05) is 30.3 Å². The Labute approximate surface area is 147 Å². The van der Waals surface area contributed by atoms with Gasteiger partial charge in [-0.25, -0.2) is 9.18 Å². The summed E-state index contributed by atoms with van der Waals surface area (Å²) < 4.78 is 18.4. The van der Waals surface area contributed by atoms with Crippen LogP contribution in [0.5, 0.6) is 5.75 Å². The van der Waals surface area contributed by atoms with Gasteiger partial charge < -0.3 is 15.0 Å². The molecule has 0 radical (unpaired) electrons. The Kier molecular flexibility index (Phi) is 5.53. The highest BCUT2D eigenvalue weighted by Crippen LogP contribution is 2.33. The summed E-state index contributed by atoms with van der Waals surface area (Å²) >= 11 is 0. The molecule has 0 saturated carbocycles. The normalized spacial score (nSPS) is 15.0. The second kappa shape index (κ2) is 8.01. The van der Waals surface area contributed by atoms with E-state index in [0.29, 0.717) is 12.5 Å². The van der Waals surface area contributed by atoms with Gasteiger partial charge in [-0.3, -0.25) is 0 Å². The molecule has 1 heterocycles. The lowest BCUT2D eigenvalue weighted by molar-refractivity contribution is 0.180. The summed E-state index contributed by atoms with van der Waals surface area (Å²) in [6, 6.07) is 14.2. The molecule has 132 valence electrons. The van der Waals surface area contributed by atoms with Crippen LogP contribution in [0.4, 0.5) is 9.18 Å². The molecule has 1 aliphatic heterocycles. The minimum Gasteiger partial charge on any atom is -0.496 e. The number of halogens is 1. The third-order valence-corrected chi connectivity index (χ3v) is 4.72. The lowest BCUT2D eigenvalue weighted by Gasteiger charge is -2.32. The fourth-order valence-electron chi connectivity index (χ4n) is 3.29. The maximum Gasteiger partial charge on any atom is 0.317 e. The summed E-state index contributed by atoms with van der Waals surface area (Å²) in [5.41, 5.74) is 2.11. The standard InChI is InChI=1S/C20H23FN2O2/c1-25-19-5-3-2-4-18(19)16-10-12-23(13-11-16)20(24)22-14-15-6-8-17(21)9-7-15/h2-9,16H,10-14H2,1H3,(H,22,24). The maximum absolute atomic E-state index is 12.9. The monoisotopic (exact) mass is 342 g/mol. The minimum absolute atomic E-state index is 0.0669. The van der Waals surface area contributed by atoms with Crippen LogP contribution in [0.25, 0.3) is 0 Å². The smallest absolute Gasteiger partial charge is 0.317 e. The van der Waals surface area contributed by atoms with E-state index in [2.05, 4.69) is 11.4 Å². The molecule has 0 bridgehead atoms. The minimum atomic E-state index is -0.270. The molecule has 0 aliphatic carbocycles. The number of amides is 2. The number of rotatable bonds is 4. The van der Waals surface area contributed by atoms with E-state index >= 15 is 0 Å². The van der Waals surface area contributed by atoms with Crippen molar-refractivity contribution >= 4 is 6.03 Å². The van der Waals surface area contributed by atoms with Crippen LogP contribution in [0.1, 0.15) is 29.9 Å². The number of piperidine rings is 1. The van der Waals surface area contributed by atoms with Gasteiger partial charge in [0, 0.05) is 19.6 Å². The van der Waals surface area contributed by atoms with Gasteiger partial charge in [0.1, 0.15) is 11.6 Å². The van der Waals surface area contributed by atoms with Crippen molar-refractivity contribution < 1.29 is 13.9 Å². The predicted molar refractivity (Wildman–Crippen MR) is 95.2 cm³/mol. The number of nitrogens with zero attached hydrogens (tertiary/aromatic N) is 1. The van der Waals surface area contributed by atoms with Gasteiger partial charge in [0.05, 0.1) is 7.11 Å². The van der Waals surface area contributed by atoms with E-state index in [1.165, 1.54) is 17.7 Å². The second-order valence-electron chi connectivity index (χ2n) is 6.29. The molecule has 1 aliphatic rings. The number of hydrogen-bond donors (Lipinski definition) is 1. The molecule has 25 heavy (non-hydrogen) atoms. The Morgan fingerprint density at radius 2 is 1.84 bits per heavy atom. The van der Waals surface area contributed by atoms with E-state index in [4.69, 9.17) is 4.74 Å². The SMILES string of the molecule is COc1ccccc1C1CCN(C(=O)NCc2ccc(F)cc2)CC1. The molecule has 3 rings (SSSR count). The van der Waals surface area contributed by atoms with Gasteiger partial charge in [0.2, 0.25) is 0 Å². The molecular formula is C20H23FN2O2. The Hall–Kier alpha value is -2.56. The first-order valence-electron chi connectivity index (χ1n) is 8.57. The molecule has 2 amide bonds. The molecule has 4 nitrogen and oxygen atoms in total. The lowest BCUT2D eigenvalue weighted by atomic mass is 9.89. The van der Waals surface area contributed by atoms with Gasteiger partial charge in [0.15, 0.2) is 0 Å². The highest BCUT2D eigenvalue weighted by atomic mass is 19.1. The molecular weight excluding hydrogens is 319 g/mol. The number of hydrogen-bond acceptors (Lipinski definition) is 2. The fraction of sp³-hybridized carbons (Fsp3) is 0.350. The highest BCUT2D eigenvalue weighted by Gasteiger charge is 2.25. The average Bonchev–Trinajstić information content (AvgIpc) is 2.67. The molecule has 0 atom stereocenters. The Bertz CT molecular complexity index is 710. The number of likely N-dealkylation sites (tertiary alicyclic amines) is 1. The van der Waals surface area contributed by atoms with Crippen molar-refractivity contribution in [1.29, 1.82) is 0 Å². The summed E-state index contributed by atoms with van der Waals surface area (Å²) in [7, 11) is 1.69. The zero-order chi connectivity index (χ0) is 17.6. The molecule has 1 saturated heterocycles. The molecule has 1 N–H and O–H groups in total. The Balaban J connectivity index is 1.51. The first-order valence-corrected chi connectivity index (χ1v) is 8.57. The van der Waals surface area contributed by atoms with Gasteiger partial charge >= 0.3 is 6.03 Å². The van der Waals surface area contributed by atoms with Gasteiger partial charge in [-0.15, -0.1) is 0 Å². The summed E-state index contributed by atoms with van der Waals surface area (Å²) in [4.78, 5) is 14.2. The van der Waals surface area contributed by atoms with E-state index in [1.54, 1.807) is 19.2 Å². The van der Waals surface area contributed by atoms with E-state index in [-0.39, 0.29) is 11.8 Å². The first kappa shape index (κ1) is 17.3. The number of carbonyl (C=O) groups excluding carboxylic acids is 1. The largest absolute Gasteiger partial charge is 0.496 e. The van der Waals surface area contributed by atoms with Crippen LogP contribution in [-0.4, -0.2) is 31.1 Å². The van der Waals surface area contributed by atoms with Gasteiger partial charge in [0.25, 0.3) is 0 Å². The Morgan fingerprint density at radius 1 is 1.16 bits per heavy atom. The van der Waals surface area contributed by atoms with E-state index in [1.807, 2.05) is 23.1 Å². The third-order valence-electron chi connectivity index (χ3n) is 4.72. The molecule has 1 fully saturated rings. The van der Waals surface area contributed by atoms with Crippen LogP contribution in [0.15, 0.2) is 48.5 Å². The topological polar surface area (TPSA) is 41.6 Å². The molecule has 0 unspecified atom stereocenters. The predicted octanol–water partition coefficient (Wildman–Crippen LogP) is 3.92. The van der Waals surface area contributed by atoms with Crippen molar-refractivity contribution in [3.8, 4) is 5.75 Å². The number of ether oxygens (including phenoxy) is 1. The van der Waals surface area contributed by atoms with E-state index in [9.17, 15) is 9.18 Å². The molecule has 0 aromatic heterocycles. The Morgan fingerprint density at radius 3 is 2.52 bits per heavy atom. The van der Waals surface area contributed by atoms with Crippen molar-refractivity contribution in [2.45, 2.75) is 25.3 Å². The van der Waals surface area contributed by atoms with Crippen LogP contribution in [0, 0.1) is 5.82 Å². The van der Waals surface area contributed by atoms with Crippen LogP contribution >= 0.6 is 0 Å². The molecule has 2 aromatic rings. The summed E-state index contributed by atoms with van der Waals surface area (Å²) in [6.07, 6.45) is 1.84. The van der Waals surface area contributed by atoms with Crippen molar-refractivity contribution in [2.75, 3.05) is 20.2 Å². The van der Waals surface area contributed by atoms with Crippen LogP contribution in [-0.2, 0) is 6.54 Å². The number of benzene rings is 2. The van der Waals surface area contributed by atoms with E-state index < -0.39 is 0 Å². The molecule has 2 aromatic carbocycles. The lowest BCUT2D eigenvalue weighted by Crippen LogP contribution is -2.43. The number of urea groups is 1. The fourth-order valence-corrected chi connectivity index (χ4v) is 3.29. The maximum atomic E-state index is 12.9. The molecule has 0 spiro atoms. The van der Waals surface area contributed by atoms with Gasteiger partial charge in [-0.05, 0) is 48.1 Å². The number of nitrogens with one attached hydrogen (secondary N) is 1. The number of carbonyl (C=O) groups is 1. The zero-order valence-corrected chi connectivity index (χ0v) is 14.4. The van der Waals surface area contributed by atoms with Crippen LogP contribution in [0.2, 0.25) is 0 Å². The van der Waals surface area contributed by atoms with Crippen LogP contribution in [0.3, 0.4) is 0 Å². The zero-order valence-electron chi connectivity index (χ0n) is 14.4.